The van der Waals surface area contributed by atoms with E-state index in [1.807, 2.05) is 30.6 Å². The smallest absolute Gasteiger partial charge is 0.257 e. The normalized spacial score (nSPS) is 10.6. The SMILES string of the molecule is O=Cc1ccc(OCC(=O)NCCCn2cnc3ccccc32)cc1. The molecule has 3 aromatic rings. The predicted octanol–water partition coefficient (Wildman–Crippen LogP) is 2.43. The monoisotopic (exact) mass is 337 g/mol. The number of nitrogens with one attached hydrogen (secondary N) is 1. The highest BCUT2D eigenvalue weighted by molar-refractivity contribution is 5.78. The minimum Gasteiger partial charge on any atom is -0.484 e. The lowest BCUT2D eigenvalue weighted by Crippen LogP contribution is -2.30. The summed E-state index contributed by atoms with van der Waals surface area (Å²) in [6.07, 6.45) is 3.39. The lowest BCUT2D eigenvalue weighted by Gasteiger charge is -2.08. The highest BCUT2D eigenvalue weighted by Gasteiger charge is 2.04. The van der Waals surface area contributed by atoms with E-state index in [4.69, 9.17) is 4.74 Å². The molecule has 1 N–H and O–H groups in total. The number of imidazole rings is 1. The molecule has 6 heteroatoms. The number of nitrogens with zero attached hydrogens (tertiary/aromatic N) is 2. The Kier molecular flexibility index (Phi) is 5.41. The van der Waals surface area contributed by atoms with Gasteiger partial charge in [0.1, 0.15) is 12.0 Å². The van der Waals surface area contributed by atoms with E-state index in [0.717, 1.165) is 30.3 Å². The minimum atomic E-state index is -0.171. The molecule has 0 unspecified atom stereocenters. The van der Waals surface area contributed by atoms with Crippen molar-refractivity contribution in [2.45, 2.75) is 13.0 Å². The first kappa shape index (κ1) is 16.7. The van der Waals surface area contributed by atoms with Gasteiger partial charge in [-0.25, -0.2) is 4.98 Å². The second kappa shape index (κ2) is 8.10. The Hall–Kier alpha value is -3.15. The van der Waals surface area contributed by atoms with Crippen molar-refractivity contribution in [2.75, 3.05) is 13.2 Å². The van der Waals surface area contributed by atoms with E-state index in [9.17, 15) is 9.59 Å². The van der Waals surface area contributed by atoms with Crippen LogP contribution in [0.4, 0.5) is 0 Å². The van der Waals surface area contributed by atoms with Gasteiger partial charge in [0.15, 0.2) is 6.61 Å². The Balaban J connectivity index is 1.38. The first-order chi connectivity index (χ1) is 12.3. The maximum Gasteiger partial charge on any atom is 0.257 e. The highest BCUT2D eigenvalue weighted by Crippen LogP contribution is 2.12. The van der Waals surface area contributed by atoms with E-state index in [0.29, 0.717) is 17.9 Å². The zero-order chi connectivity index (χ0) is 17.5. The highest BCUT2D eigenvalue weighted by atomic mass is 16.5. The van der Waals surface area contributed by atoms with E-state index >= 15 is 0 Å². The summed E-state index contributed by atoms with van der Waals surface area (Å²) in [4.78, 5) is 26.7. The van der Waals surface area contributed by atoms with Gasteiger partial charge in [-0.05, 0) is 42.8 Å². The standard InChI is InChI=1S/C19H19N3O3/c23-12-15-6-8-16(9-7-15)25-13-19(24)20-10-3-11-22-14-21-17-4-1-2-5-18(17)22/h1-2,4-9,12,14H,3,10-11,13H2,(H,20,24). The molecule has 1 amide bonds. The molecule has 0 aliphatic carbocycles. The van der Waals surface area contributed by atoms with Crippen LogP contribution in [0.5, 0.6) is 5.75 Å². The molecule has 0 saturated carbocycles. The molecule has 3 rings (SSSR count). The lowest BCUT2D eigenvalue weighted by atomic mass is 10.2. The molecule has 0 fully saturated rings. The third kappa shape index (κ3) is 4.44. The molecule has 6 nitrogen and oxygen atoms in total. The van der Waals surface area contributed by atoms with Gasteiger partial charge in [0.2, 0.25) is 0 Å². The van der Waals surface area contributed by atoms with Crippen LogP contribution in [0, 0.1) is 0 Å². The fourth-order valence-electron chi connectivity index (χ4n) is 2.51. The molecule has 128 valence electrons. The Bertz CT molecular complexity index is 856. The number of carbonyl (C=O) groups is 2. The summed E-state index contributed by atoms with van der Waals surface area (Å²) in [5, 5.41) is 2.83. The van der Waals surface area contributed by atoms with Crippen molar-refractivity contribution in [2.24, 2.45) is 0 Å². The summed E-state index contributed by atoms with van der Waals surface area (Å²) in [6.45, 7) is 1.31. The van der Waals surface area contributed by atoms with Crippen molar-refractivity contribution >= 4 is 23.2 Å². The molecule has 0 aliphatic rings. The molecule has 25 heavy (non-hydrogen) atoms. The number of hydrogen-bond acceptors (Lipinski definition) is 4. The molecule has 1 aromatic heterocycles. The summed E-state index contributed by atoms with van der Waals surface area (Å²) >= 11 is 0. The number of ether oxygens (including phenoxy) is 1. The molecule has 2 aromatic carbocycles. The fourth-order valence-corrected chi connectivity index (χ4v) is 2.51. The van der Waals surface area contributed by atoms with Gasteiger partial charge in [0, 0.05) is 18.7 Å². The average molecular weight is 337 g/mol. The van der Waals surface area contributed by atoms with Crippen molar-refractivity contribution in [1.82, 2.24) is 14.9 Å². The Morgan fingerprint density at radius 1 is 1.16 bits per heavy atom. The van der Waals surface area contributed by atoms with Crippen molar-refractivity contribution in [3.63, 3.8) is 0 Å². The second-order valence-corrected chi connectivity index (χ2v) is 5.61. The van der Waals surface area contributed by atoms with Gasteiger partial charge in [-0.1, -0.05) is 12.1 Å². The summed E-state index contributed by atoms with van der Waals surface area (Å²) in [6, 6.07) is 14.6. The maximum atomic E-state index is 11.8. The van der Waals surface area contributed by atoms with Crippen LogP contribution in [-0.2, 0) is 11.3 Å². The minimum absolute atomic E-state index is 0.0472. The number of carbonyl (C=O) groups excluding carboxylic acids is 2. The van der Waals surface area contributed by atoms with Gasteiger partial charge in [0.05, 0.1) is 17.4 Å². The number of aromatic nitrogens is 2. The lowest BCUT2D eigenvalue weighted by molar-refractivity contribution is -0.123. The molecule has 1 heterocycles. The van der Waals surface area contributed by atoms with Crippen LogP contribution in [0.3, 0.4) is 0 Å². The number of hydrogen-bond donors (Lipinski definition) is 1. The van der Waals surface area contributed by atoms with E-state index < -0.39 is 0 Å². The van der Waals surface area contributed by atoms with Crippen molar-refractivity contribution in [3.05, 3.63) is 60.4 Å². The Morgan fingerprint density at radius 2 is 1.96 bits per heavy atom. The van der Waals surface area contributed by atoms with Crippen LogP contribution in [-0.4, -0.2) is 34.9 Å². The number of amides is 1. The molecule has 0 aliphatic heterocycles. The molecule has 0 bridgehead atoms. The molecular weight excluding hydrogens is 318 g/mol. The number of para-hydroxylation sites is 2. The van der Waals surface area contributed by atoms with Crippen molar-refractivity contribution in [3.8, 4) is 5.75 Å². The van der Waals surface area contributed by atoms with Crippen LogP contribution in [0.15, 0.2) is 54.9 Å². The zero-order valence-electron chi connectivity index (χ0n) is 13.7. The van der Waals surface area contributed by atoms with Crippen LogP contribution >= 0.6 is 0 Å². The average Bonchev–Trinajstić information content (AvgIpc) is 3.07. The van der Waals surface area contributed by atoms with Gasteiger partial charge >= 0.3 is 0 Å². The molecule has 0 atom stereocenters. The molecule has 0 radical (unpaired) electrons. The number of benzene rings is 2. The van der Waals surface area contributed by atoms with Crippen molar-refractivity contribution < 1.29 is 14.3 Å². The summed E-state index contributed by atoms with van der Waals surface area (Å²) in [5.74, 6) is 0.389. The fraction of sp³-hybridized carbons (Fsp3) is 0.211. The van der Waals surface area contributed by atoms with Gasteiger partial charge in [-0.2, -0.15) is 0 Å². The maximum absolute atomic E-state index is 11.8. The summed E-state index contributed by atoms with van der Waals surface area (Å²) in [7, 11) is 0. The summed E-state index contributed by atoms with van der Waals surface area (Å²) < 4.78 is 7.46. The quantitative estimate of drug-likeness (QED) is 0.506. The van der Waals surface area contributed by atoms with Gasteiger partial charge < -0.3 is 14.6 Å². The Labute approximate surface area is 145 Å². The van der Waals surface area contributed by atoms with Gasteiger partial charge in [-0.3, -0.25) is 9.59 Å². The van der Waals surface area contributed by atoms with Crippen LogP contribution in [0.1, 0.15) is 16.8 Å². The van der Waals surface area contributed by atoms with Crippen LogP contribution in [0.25, 0.3) is 11.0 Å². The molecular formula is C19H19N3O3. The van der Waals surface area contributed by atoms with Crippen LogP contribution < -0.4 is 10.1 Å². The molecule has 0 spiro atoms. The Morgan fingerprint density at radius 3 is 2.76 bits per heavy atom. The third-order valence-electron chi connectivity index (χ3n) is 3.81. The van der Waals surface area contributed by atoms with Gasteiger partial charge in [0.25, 0.3) is 5.91 Å². The van der Waals surface area contributed by atoms with Gasteiger partial charge in [-0.15, -0.1) is 0 Å². The number of aldehydes is 1. The van der Waals surface area contributed by atoms with E-state index in [-0.39, 0.29) is 12.5 Å². The van der Waals surface area contributed by atoms with E-state index in [1.165, 1.54) is 0 Å². The van der Waals surface area contributed by atoms with E-state index in [2.05, 4.69) is 14.9 Å². The largest absolute Gasteiger partial charge is 0.484 e. The number of fused-ring (bicyclic) bond motifs is 1. The topological polar surface area (TPSA) is 73.2 Å². The number of aryl methyl sites for hydroxylation is 1. The first-order valence-corrected chi connectivity index (χ1v) is 8.11. The zero-order valence-corrected chi connectivity index (χ0v) is 13.7. The predicted molar refractivity (Wildman–Crippen MR) is 94.7 cm³/mol. The number of rotatable bonds is 8. The van der Waals surface area contributed by atoms with E-state index in [1.54, 1.807) is 24.3 Å². The molecule has 0 saturated heterocycles. The van der Waals surface area contributed by atoms with Crippen molar-refractivity contribution in [1.29, 1.82) is 0 Å². The summed E-state index contributed by atoms with van der Waals surface area (Å²) in [5.41, 5.74) is 2.64. The second-order valence-electron chi connectivity index (χ2n) is 5.61. The first-order valence-electron chi connectivity index (χ1n) is 8.11. The third-order valence-corrected chi connectivity index (χ3v) is 3.81. The van der Waals surface area contributed by atoms with Crippen LogP contribution in [0.2, 0.25) is 0 Å².